The highest BCUT2D eigenvalue weighted by Crippen LogP contribution is 2.38. The minimum Gasteiger partial charge on any atom is -0.493 e. The van der Waals surface area contributed by atoms with E-state index in [2.05, 4.69) is 11.4 Å². The Morgan fingerprint density at radius 1 is 1.00 bits per heavy atom. The first-order valence-electron chi connectivity index (χ1n) is 7.07. The fourth-order valence-electron chi connectivity index (χ4n) is 2.87. The lowest BCUT2D eigenvalue weighted by Crippen LogP contribution is -2.30. The van der Waals surface area contributed by atoms with Gasteiger partial charge in [0.25, 0.3) is 0 Å². The van der Waals surface area contributed by atoms with Crippen LogP contribution in [0.2, 0.25) is 10.0 Å². The maximum Gasteiger partial charge on any atom is 0.161 e. The fourth-order valence-corrected chi connectivity index (χ4v) is 3.18. The molecule has 0 fully saturated rings. The quantitative estimate of drug-likeness (QED) is 0.908. The molecule has 0 bridgehead atoms. The minimum atomic E-state index is 0.0679. The summed E-state index contributed by atoms with van der Waals surface area (Å²) in [6.45, 7) is 0.896. The monoisotopic (exact) mass is 337 g/mol. The van der Waals surface area contributed by atoms with E-state index < -0.39 is 0 Å². The van der Waals surface area contributed by atoms with Gasteiger partial charge in [0.2, 0.25) is 0 Å². The predicted molar refractivity (Wildman–Crippen MR) is 89.6 cm³/mol. The molecule has 0 saturated heterocycles. The first-order chi connectivity index (χ1) is 10.6. The van der Waals surface area contributed by atoms with Crippen molar-refractivity contribution in [2.75, 3.05) is 20.8 Å². The standard InChI is InChI=1S/C17H17Cl2NO2/c1-21-15-8-10-5-6-20-17(12(10)9-16(15)22-2)11-3-4-13(18)14(19)7-11/h3-4,7-9,17,20H,5-6H2,1-2H3/t17-/m1/s1. The Bertz CT molecular complexity index is 703. The Balaban J connectivity index is 2.08. The summed E-state index contributed by atoms with van der Waals surface area (Å²) >= 11 is 12.2. The Hall–Kier alpha value is -1.42. The van der Waals surface area contributed by atoms with E-state index in [1.54, 1.807) is 14.2 Å². The van der Waals surface area contributed by atoms with Gasteiger partial charge in [-0.05, 0) is 47.4 Å². The highest BCUT2D eigenvalue weighted by molar-refractivity contribution is 6.42. The molecule has 0 spiro atoms. The zero-order valence-corrected chi connectivity index (χ0v) is 14.0. The molecule has 1 atom stereocenters. The van der Waals surface area contributed by atoms with Crippen molar-refractivity contribution in [3.05, 3.63) is 57.1 Å². The van der Waals surface area contributed by atoms with Gasteiger partial charge < -0.3 is 14.8 Å². The summed E-state index contributed by atoms with van der Waals surface area (Å²) in [4.78, 5) is 0. The molecule has 0 saturated carbocycles. The third-order valence-electron chi connectivity index (χ3n) is 3.98. The van der Waals surface area contributed by atoms with Gasteiger partial charge in [-0.1, -0.05) is 29.3 Å². The number of benzene rings is 2. The number of hydrogen-bond donors (Lipinski definition) is 1. The summed E-state index contributed by atoms with van der Waals surface area (Å²) in [6.07, 6.45) is 0.952. The number of halogens is 2. The van der Waals surface area contributed by atoms with E-state index in [1.165, 1.54) is 11.1 Å². The molecule has 22 heavy (non-hydrogen) atoms. The Labute approximate surface area is 140 Å². The average Bonchev–Trinajstić information content (AvgIpc) is 2.55. The summed E-state index contributed by atoms with van der Waals surface area (Å²) < 4.78 is 10.8. The van der Waals surface area contributed by atoms with E-state index in [4.69, 9.17) is 32.7 Å². The second-order valence-electron chi connectivity index (χ2n) is 5.22. The average molecular weight is 338 g/mol. The number of rotatable bonds is 3. The summed E-state index contributed by atoms with van der Waals surface area (Å²) in [5.74, 6) is 1.49. The molecule has 2 aromatic carbocycles. The molecule has 2 aromatic rings. The van der Waals surface area contributed by atoms with Crippen LogP contribution in [0.3, 0.4) is 0 Å². The fraction of sp³-hybridized carbons (Fsp3) is 0.294. The van der Waals surface area contributed by atoms with Gasteiger partial charge in [0, 0.05) is 6.54 Å². The van der Waals surface area contributed by atoms with Crippen molar-refractivity contribution in [3.63, 3.8) is 0 Å². The van der Waals surface area contributed by atoms with Crippen LogP contribution in [0, 0.1) is 0 Å². The molecule has 116 valence electrons. The minimum absolute atomic E-state index is 0.0679. The van der Waals surface area contributed by atoms with E-state index in [1.807, 2.05) is 24.3 Å². The van der Waals surface area contributed by atoms with E-state index in [0.29, 0.717) is 10.0 Å². The molecule has 0 aliphatic carbocycles. The number of methoxy groups -OCH3 is 2. The molecule has 1 aliphatic rings. The Morgan fingerprint density at radius 2 is 1.73 bits per heavy atom. The van der Waals surface area contributed by atoms with Crippen LogP contribution in [-0.2, 0) is 6.42 Å². The zero-order valence-electron chi connectivity index (χ0n) is 12.5. The van der Waals surface area contributed by atoms with E-state index in [0.717, 1.165) is 30.0 Å². The summed E-state index contributed by atoms with van der Waals surface area (Å²) in [5, 5.41) is 4.66. The van der Waals surface area contributed by atoms with Gasteiger partial charge in [-0.3, -0.25) is 0 Å². The van der Waals surface area contributed by atoms with Crippen molar-refractivity contribution in [2.24, 2.45) is 0 Å². The van der Waals surface area contributed by atoms with Gasteiger partial charge in [0.1, 0.15) is 0 Å². The SMILES string of the molecule is COc1cc2c(cc1OC)[C@@H](c1ccc(Cl)c(Cl)c1)NCC2. The van der Waals surface area contributed by atoms with E-state index in [-0.39, 0.29) is 6.04 Å². The Kier molecular flexibility index (Phi) is 4.48. The van der Waals surface area contributed by atoms with Crippen LogP contribution >= 0.6 is 23.2 Å². The molecule has 5 heteroatoms. The molecule has 0 unspecified atom stereocenters. The van der Waals surface area contributed by atoms with Gasteiger partial charge in [-0.15, -0.1) is 0 Å². The van der Waals surface area contributed by atoms with Gasteiger partial charge >= 0.3 is 0 Å². The number of fused-ring (bicyclic) bond motifs is 1. The number of nitrogens with one attached hydrogen (secondary N) is 1. The second-order valence-corrected chi connectivity index (χ2v) is 6.03. The normalized spacial score (nSPS) is 17.0. The first kappa shape index (κ1) is 15.5. The third kappa shape index (κ3) is 2.76. The van der Waals surface area contributed by atoms with Gasteiger partial charge in [-0.2, -0.15) is 0 Å². The molecule has 0 radical (unpaired) electrons. The Morgan fingerprint density at radius 3 is 2.41 bits per heavy atom. The van der Waals surface area contributed by atoms with Crippen LogP contribution < -0.4 is 14.8 Å². The van der Waals surface area contributed by atoms with Crippen LogP contribution in [0.5, 0.6) is 11.5 Å². The van der Waals surface area contributed by atoms with Crippen LogP contribution in [0.25, 0.3) is 0 Å². The largest absolute Gasteiger partial charge is 0.493 e. The maximum absolute atomic E-state index is 6.16. The van der Waals surface area contributed by atoms with Crippen molar-refractivity contribution in [1.82, 2.24) is 5.32 Å². The number of ether oxygens (including phenoxy) is 2. The second kappa shape index (κ2) is 6.37. The van der Waals surface area contributed by atoms with Crippen LogP contribution in [0.4, 0.5) is 0 Å². The van der Waals surface area contributed by atoms with E-state index in [9.17, 15) is 0 Å². The highest BCUT2D eigenvalue weighted by Gasteiger charge is 2.24. The molecule has 1 N–H and O–H groups in total. The molecular formula is C17H17Cl2NO2. The predicted octanol–water partition coefficient (Wildman–Crippen LogP) is 4.25. The summed E-state index contributed by atoms with van der Waals surface area (Å²) in [5.41, 5.74) is 3.53. The lowest BCUT2D eigenvalue weighted by atomic mass is 9.89. The molecule has 0 amide bonds. The lowest BCUT2D eigenvalue weighted by Gasteiger charge is -2.28. The van der Waals surface area contributed by atoms with Crippen LogP contribution in [0.1, 0.15) is 22.7 Å². The maximum atomic E-state index is 6.16. The lowest BCUT2D eigenvalue weighted by molar-refractivity contribution is 0.353. The molecule has 3 rings (SSSR count). The van der Waals surface area contributed by atoms with Crippen molar-refractivity contribution in [3.8, 4) is 11.5 Å². The molecule has 3 nitrogen and oxygen atoms in total. The van der Waals surface area contributed by atoms with Crippen LogP contribution in [0.15, 0.2) is 30.3 Å². The summed E-state index contributed by atoms with van der Waals surface area (Å²) in [6, 6.07) is 9.90. The molecule has 0 aromatic heterocycles. The van der Waals surface area contributed by atoms with Crippen molar-refractivity contribution in [2.45, 2.75) is 12.5 Å². The molecule has 1 heterocycles. The van der Waals surface area contributed by atoms with Crippen molar-refractivity contribution in [1.29, 1.82) is 0 Å². The third-order valence-corrected chi connectivity index (χ3v) is 4.72. The van der Waals surface area contributed by atoms with Gasteiger partial charge in [0.15, 0.2) is 11.5 Å². The van der Waals surface area contributed by atoms with Crippen LogP contribution in [-0.4, -0.2) is 20.8 Å². The van der Waals surface area contributed by atoms with Gasteiger partial charge in [0.05, 0.1) is 30.3 Å². The zero-order chi connectivity index (χ0) is 15.7. The first-order valence-corrected chi connectivity index (χ1v) is 7.82. The molecule has 1 aliphatic heterocycles. The summed E-state index contributed by atoms with van der Waals surface area (Å²) in [7, 11) is 3.30. The topological polar surface area (TPSA) is 30.5 Å². The smallest absolute Gasteiger partial charge is 0.161 e. The molecular weight excluding hydrogens is 321 g/mol. The number of hydrogen-bond acceptors (Lipinski definition) is 3. The van der Waals surface area contributed by atoms with E-state index >= 15 is 0 Å². The van der Waals surface area contributed by atoms with Crippen molar-refractivity contribution < 1.29 is 9.47 Å². The van der Waals surface area contributed by atoms with Crippen molar-refractivity contribution >= 4 is 23.2 Å². The van der Waals surface area contributed by atoms with Gasteiger partial charge in [-0.25, -0.2) is 0 Å². The highest BCUT2D eigenvalue weighted by atomic mass is 35.5.